The summed E-state index contributed by atoms with van der Waals surface area (Å²) in [5.74, 6) is -0.715. The van der Waals surface area contributed by atoms with Crippen LogP contribution in [-0.4, -0.2) is 57.6 Å². The fourth-order valence-corrected chi connectivity index (χ4v) is 5.65. The summed E-state index contributed by atoms with van der Waals surface area (Å²) in [4.78, 5) is 28.9. The van der Waals surface area contributed by atoms with Crippen LogP contribution < -0.4 is 14.4 Å². The van der Waals surface area contributed by atoms with E-state index in [1.165, 1.54) is 12.0 Å². The standard InChI is InChI=1S/C29H33Cl2N3O5S/c1-5-32-29(36)26(17-21-10-7-6-8-11-21)33(18-22-23(30)12-9-13-24(22)31)28(35)19-34(40(4,37)38)25-16-20(2)14-15-27(25)39-3/h6-16,26H,5,17-19H2,1-4H3,(H,32,36)/t26-/m1/s1. The first-order chi connectivity index (χ1) is 19.0. The fourth-order valence-electron chi connectivity index (χ4n) is 4.29. The molecule has 1 N–H and O–H groups in total. The Morgan fingerprint density at radius 3 is 2.23 bits per heavy atom. The third-order valence-corrected chi connectivity index (χ3v) is 8.13. The molecule has 0 heterocycles. The summed E-state index contributed by atoms with van der Waals surface area (Å²) < 4.78 is 32.4. The van der Waals surface area contributed by atoms with Crippen molar-refractivity contribution in [2.45, 2.75) is 32.9 Å². The number of hydrogen-bond donors (Lipinski definition) is 1. The zero-order chi connectivity index (χ0) is 29.4. The molecule has 11 heteroatoms. The maximum atomic E-state index is 14.1. The van der Waals surface area contributed by atoms with Crippen molar-refractivity contribution < 1.29 is 22.7 Å². The maximum absolute atomic E-state index is 14.1. The lowest BCUT2D eigenvalue weighted by atomic mass is 10.0. The van der Waals surface area contributed by atoms with E-state index in [0.717, 1.165) is 21.7 Å². The first-order valence-electron chi connectivity index (χ1n) is 12.6. The zero-order valence-electron chi connectivity index (χ0n) is 22.9. The summed E-state index contributed by atoms with van der Waals surface area (Å²) in [6.45, 7) is 3.24. The highest BCUT2D eigenvalue weighted by atomic mass is 35.5. The third kappa shape index (κ3) is 7.90. The number of nitrogens with zero attached hydrogens (tertiary/aromatic N) is 2. The van der Waals surface area contributed by atoms with Gasteiger partial charge in [-0.3, -0.25) is 13.9 Å². The topological polar surface area (TPSA) is 96.0 Å². The van der Waals surface area contributed by atoms with Crippen LogP contribution in [0.1, 0.15) is 23.6 Å². The fraction of sp³-hybridized carbons (Fsp3) is 0.310. The summed E-state index contributed by atoms with van der Waals surface area (Å²) in [6.07, 6.45) is 1.20. The maximum Gasteiger partial charge on any atom is 0.244 e. The number of halogens is 2. The average molecular weight is 607 g/mol. The molecule has 8 nitrogen and oxygen atoms in total. The molecule has 0 spiro atoms. The SMILES string of the molecule is CCNC(=O)[C@@H](Cc1ccccc1)N(Cc1c(Cl)cccc1Cl)C(=O)CN(c1cc(C)ccc1OC)S(C)(=O)=O. The highest BCUT2D eigenvalue weighted by Crippen LogP contribution is 2.32. The van der Waals surface area contributed by atoms with Crippen LogP contribution in [0.2, 0.25) is 10.0 Å². The van der Waals surface area contributed by atoms with Gasteiger partial charge in [-0.2, -0.15) is 0 Å². The van der Waals surface area contributed by atoms with Gasteiger partial charge in [0, 0.05) is 35.1 Å². The average Bonchev–Trinajstić information content (AvgIpc) is 2.90. The smallest absolute Gasteiger partial charge is 0.244 e. The van der Waals surface area contributed by atoms with Crippen LogP contribution in [0.15, 0.2) is 66.7 Å². The van der Waals surface area contributed by atoms with Gasteiger partial charge in [-0.1, -0.05) is 65.7 Å². The van der Waals surface area contributed by atoms with E-state index in [1.807, 2.05) is 37.3 Å². The van der Waals surface area contributed by atoms with Gasteiger partial charge < -0.3 is 15.0 Å². The van der Waals surface area contributed by atoms with Crippen LogP contribution >= 0.6 is 23.2 Å². The van der Waals surface area contributed by atoms with Gasteiger partial charge in [0.25, 0.3) is 0 Å². The molecule has 0 unspecified atom stereocenters. The van der Waals surface area contributed by atoms with Crippen LogP contribution in [0.4, 0.5) is 5.69 Å². The number of rotatable bonds is 12. The zero-order valence-corrected chi connectivity index (χ0v) is 25.2. The van der Waals surface area contributed by atoms with E-state index in [2.05, 4.69) is 5.32 Å². The number of nitrogens with one attached hydrogen (secondary N) is 1. The summed E-state index contributed by atoms with van der Waals surface area (Å²) in [5.41, 5.74) is 2.26. The van der Waals surface area contributed by atoms with Gasteiger partial charge in [-0.05, 0) is 49.2 Å². The molecule has 3 aromatic carbocycles. The van der Waals surface area contributed by atoms with Crippen molar-refractivity contribution in [1.29, 1.82) is 0 Å². The molecule has 0 aliphatic rings. The monoisotopic (exact) mass is 605 g/mol. The Balaban J connectivity index is 2.13. The number of ether oxygens (including phenoxy) is 1. The Labute approximate surface area is 245 Å². The number of carbonyl (C=O) groups excluding carboxylic acids is 2. The molecule has 3 rings (SSSR count). The second-order valence-corrected chi connectivity index (χ2v) is 12.0. The number of amides is 2. The van der Waals surface area contributed by atoms with Crippen LogP contribution in [0.5, 0.6) is 5.75 Å². The predicted molar refractivity (Wildman–Crippen MR) is 160 cm³/mol. The first kappa shape index (κ1) is 31.3. The molecular weight excluding hydrogens is 573 g/mol. The number of carbonyl (C=O) groups is 2. The minimum absolute atomic E-state index is 0.117. The number of hydrogen-bond acceptors (Lipinski definition) is 5. The minimum atomic E-state index is -3.95. The summed E-state index contributed by atoms with van der Waals surface area (Å²) in [6, 6.07) is 18.3. The van der Waals surface area contributed by atoms with Crippen LogP contribution in [0.25, 0.3) is 0 Å². The molecular formula is C29H33Cl2N3O5S. The lowest BCUT2D eigenvalue weighted by Crippen LogP contribution is -2.53. The van der Waals surface area contributed by atoms with Crippen LogP contribution in [0.3, 0.4) is 0 Å². The Hall–Kier alpha value is -3.27. The Morgan fingerprint density at radius 1 is 1.00 bits per heavy atom. The van der Waals surface area contributed by atoms with Crippen molar-refractivity contribution in [2.75, 3.05) is 30.8 Å². The van der Waals surface area contributed by atoms with Gasteiger partial charge in [0.2, 0.25) is 21.8 Å². The van der Waals surface area contributed by atoms with Crippen molar-refractivity contribution in [1.82, 2.24) is 10.2 Å². The third-order valence-electron chi connectivity index (χ3n) is 6.29. The van der Waals surface area contributed by atoms with E-state index in [9.17, 15) is 18.0 Å². The Bertz CT molecular complexity index is 1430. The molecule has 0 saturated heterocycles. The largest absolute Gasteiger partial charge is 0.495 e. The van der Waals surface area contributed by atoms with Crippen molar-refractivity contribution in [2.24, 2.45) is 0 Å². The van der Waals surface area contributed by atoms with Crippen LogP contribution in [-0.2, 0) is 32.6 Å². The molecule has 0 aliphatic carbocycles. The second-order valence-electron chi connectivity index (χ2n) is 9.27. The Kier molecular flexibility index (Phi) is 10.8. The summed E-state index contributed by atoms with van der Waals surface area (Å²) >= 11 is 12.9. The number of benzene rings is 3. The van der Waals surface area contributed by atoms with E-state index >= 15 is 0 Å². The molecule has 0 aliphatic heterocycles. The van der Waals surface area contributed by atoms with E-state index in [-0.39, 0.29) is 30.3 Å². The molecule has 214 valence electrons. The minimum Gasteiger partial charge on any atom is -0.495 e. The quantitative estimate of drug-likeness (QED) is 0.318. The molecule has 0 aromatic heterocycles. The van der Waals surface area contributed by atoms with E-state index in [0.29, 0.717) is 22.2 Å². The van der Waals surface area contributed by atoms with Gasteiger partial charge in [0.1, 0.15) is 18.3 Å². The van der Waals surface area contributed by atoms with E-state index in [1.54, 1.807) is 43.3 Å². The molecule has 0 fully saturated rings. The second kappa shape index (κ2) is 13.9. The highest BCUT2D eigenvalue weighted by Gasteiger charge is 2.34. The van der Waals surface area contributed by atoms with E-state index in [4.69, 9.17) is 27.9 Å². The number of sulfonamides is 1. The number of anilines is 1. The molecule has 1 atom stereocenters. The van der Waals surface area contributed by atoms with Gasteiger partial charge in [-0.25, -0.2) is 8.42 Å². The van der Waals surface area contributed by atoms with Crippen LogP contribution in [0, 0.1) is 6.92 Å². The molecule has 3 aromatic rings. The summed E-state index contributed by atoms with van der Waals surface area (Å²) in [5, 5.41) is 3.45. The summed E-state index contributed by atoms with van der Waals surface area (Å²) in [7, 11) is -2.52. The van der Waals surface area contributed by atoms with Gasteiger partial charge in [-0.15, -0.1) is 0 Å². The van der Waals surface area contributed by atoms with Crippen molar-refractivity contribution in [3.05, 3.63) is 93.5 Å². The molecule has 2 amide bonds. The van der Waals surface area contributed by atoms with Gasteiger partial charge in [0.05, 0.1) is 19.1 Å². The van der Waals surface area contributed by atoms with Gasteiger partial charge >= 0.3 is 0 Å². The molecule has 40 heavy (non-hydrogen) atoms. The van der Waals surface area contributed by atoms with Crippen molar-refractivity contribution in [3.8, 4) is 5.75 Å². The lowest BCUT2D eigenvalue weighted by Gasteiger charge is -2.34. The highest BCUT2D eigenvalue weighted by molar-refractivity contribution is 7.92. The van der Waals surface area contributed by atoms with Gasteiger partial charge in [0.15, 0.2) is 0 Å². The number of methoxy groups -OCH3 is 1. The molecule has 0 bridgehead atoms. The first-order valence-corrected chi connectivity index (χ1v) is 15.2. The molecule has 0 saturated carbocycles. The normalized spacial score (nSPS) is 11.9. The Morgan fingerprint density at radius 2 is 1.65 bits per heavy atom. The van der Waals surface area contributed by atoms with Crippen molar-refractivity contribution in [3.63, 3.8) is 0 Å². The lowest BCUT2D eigenvalue weighted by molar-refractivity contribution is -0.140. The number of aryl methyl sites for hydroxylation is 1. The predicted octanol–water partition coefficient (Wildman–Crippen LogP) is 4.85. The molecule has 0 radical (unpaired) electrons. The van der Waals surface area contributed by atoms with E-state index < -0.39 is 28.5 Å². The number of likely N-dealkylation sites (N-methyl/N-ethyl adjacent to an activating group) is 1. The van der Waals surface area contributed by atoms with Crippen molar-refractivity contribution >= 4 is 50.7 Å².